The molecule has 2 rings (SSSR count). The van der Waals surface area contributed by atoms with Gasteiger partial charge in [-0.2, -0.15) is 5.10 Å². The molecule has 0 radical (unpaired) electrons. The first-order valence-corrected chi connectivity index (χ1v) is 11.2. The summed E-state index contributed by atoms with van der Waals surface area (Å²) in [7, 11) is 1.45. The van der Waals surface area contributed by atoms with E-state index in [1.54, 1.807) is 18.2 Å². The predicted molar refractivity (Wildman–Crippen MR) is 131 cm³/mol. The third-order valence-corrected chi connectivity index (χ3v) is 5.29. The van der Waals surface area contributed by atoms with Crippen molar-refractivity contribution in [1.29, 1.82) is 0 Å². The maximum Gasteiger partial charge on any atom is 0.262 e. The normalized spacial score (nSPS) is 11.9. The van der Waals surface area contributed by atoms with Crippen LogP contribution in [0.25, 0.3) is 0 Å². The van der Waals surface area contributed by atoms with Gasteiger partial charge in [0.1, 0.15) is 11.8 Å². The molecule has 0 fully saturated rings. The number of phenolic OH excluding ortho intramolecular Hbond substituents is 1. The monoisotopic (exact) mass is 553 g/mol. The number of aryl methyl sites for hydroxylation is 1. The van der Waals surface area contributed by atoms with Gasteiger partial charge in [0.25, 0.3) is 11.8 Å². The van der Waals surface area contributed by atoms with Crippen LogP contribution in [-0.4, -0.2) is 42.9 Å². The predicted octanol–water partition coefficient (Wildman–Crippen LogP) is 3.37. The molecule has 1 atom stereocenters. The van der Waals surface area contributed by atoms with Gasteiger partial charge in [0.05, 0.1) is 16.9 Å². The highest BCUT2D eigenvalue weighted by molar-refractivity contribution is 14.1. The molecular formula is C23H28IN3O5. The second kappa shape index (κ2) is 12.3. The Hall–Kier alpha value is -2.82. The molecule has 0 aliphatic heterocycles. The quantitative estimate of drug-likeness (QED) is 0.238. The Bertz CT molecular complexity index is 978. The van der Waals surface area contributed by atoms with E-state index in [0.29, 0.717) is 27.1 Å². The van der Waals surface area contributed by atoms with Crippen molar-refractivity contribution in [2.45, 2.75) is 33.2 Å². The number of amides is 2. The Labute approximate surface area is 201 Å². The van der Waals surface area contributed by atoms with E-state index in [1.807, 2.05) is 61.6 Å². The van der Waals surface area contributed by atoms with Crippen molar-refractivity contribution >= 4 is 40.6 Å². The van der Waals surface area contributed by atoms with E-state index in [9.17, 15) is 14.7 Å². The van der Waals surface area contributed by atoms with Gasteiger partial charge in [-0.25, -0.2) is 5.43 Å². The smallest absolute Gasteiger partial charge is 0.262 e. The van der Waals surface area contributed by atoms with Crippen LogP contribution in [0.1, 0.15) is 31.4 Å². The minimum Gasteiger partial charge on any atom is -0.504 e. The van der Waals surface area contributed by atoms with Gasteiger partial charge in [-0.15, -0.1) is 0 Å². The first-order chi connectivity index (χ1) is 15.2. The van der Waals surface area contributed by atoms with Gasteiger partial charge in [-0.3, -0.25) is 9.59 Å². The number of ether oxygens (including phenoxy) is 2. The van der Waals surface area contributed by atoms with Crippen LogP contribution in [0.4, 0.5) is 0 Å². The molecule has 2 amide bonds. The molecule has 9 heteroatoms. The highest BCUT2D eigenvalue weighted by Crippen LogP contribution is 2.31. The Balaban J connectivity index is 1.98. The van der Waals surface area contributed by atoms with E-state index in [2.05, 4.69) is 15.8 Å². The number of para-hydroxylation sites is 1. The zero-order chi connectivity index (χ0) is 23.7. The lowest BCUT2D eigenvalue weighted by Gasteiger charge is -2.19. The van der Waals surface area contributed by atoms with E-state index in [0.717, 1.165) is 5.56 Å². The highest BCUT2D eigenvalue weighted by atomic mass is 127. The van der Waals surface area contributed by atoms with Gasteiger partial charge in [0.15, 0.2) is 18.1 Å². The Kier molecular flexibility index (Phi) is 9.76. The Morgan fingerprint density at radius 2 is 1.94 bits per heavy atom. The van der Waals surface area contributed by atoms with Crippen LogP contribution in [0.3, 0.4) is 0 Å². The highest BCUT2D eigenvalue weighted by Gasteiger charge is 2.22. The summed E-state index contributed by atoms with van der Waals surface area (Å²) in [6.45, 7) is 5.63. The molecule has 0 saturated heterocycles. The molecule has 8 nitrogen and oxygen atoms in total. The molecule has 0 heterocycles. The zero-order valence-electron chi connectivity index (χ0n) is 18.5. The summed E-state index contributed by atoms with van der Waals surface area (Å²) in [4.78, 5) is 25.0. The molecular weight excluding hydrogens is 525 g/mol. The van der Waals surface area contributed by atoms with Crippen LogP contribution in [0.2, 0.25) is 0 Å². The summed E-state index contributed by atoms with van der Waals surface area (Å²) in [6, 6.07) is 9.95. The topological polar surface area (TPSA) is 109 Å². The van der Waals surface area contributed by atoms with Crippen molar-refractivity contribution in [3.63, 3.8) is 0 Å². The third-order valence-electron chi connectivity index (χ3n) is 4.47. The van der Waals surface area contributed by atoms with Gasteiger partial charge >= 0.3 is 0 Å². The third kappa shape index (κ3) is 7.70. The van der Waals surface area contributed by atoms with Crippen molar-refractivity contribution in [2.24, 2.45) is 11.0 Å². The first-order valence-electron chi connectivity index (χ1n) is 10.1. The maximum absolute atomic E-state index is 12.6. The lowest BCUT2D eigenvalue weighted by molar-refractivity contribution is -0.130. The Morgan fingerprint density at radius 3 is 2.59 bits per heavy atom. The largest absolute Gasteiger partial charge is 0.504 e. The first kappa shape index (κ1) is 25.4. The van der Waals surface area contributed by atoms with Gasteiger partial charge in [0.2, 0.25) is 0 Å². The SMILES string of the molecule is COc1cc(/C=N\NC(=O)[C@@H](CC(C)C)NC(=O)COc2ccccc2C)cc(I)c1O. The number of phenols is 1. The van der Waals surface area contributed by atoms with E-state index in [4.69, 9.17) is 9.47 Å². The molecule has 2 aromatic rings. The van der Waals surface area contributed by atoms with Gasteiger partial charge in [-0.1, -0.05) is 32.0 Å². The second-order valence-electron chi connectivity index (χ2n) is 7.59. The number of carbonyl (C=O) groups excluding carboxylic acids is 2. The number of carbonyl (C=O) groups is 2. The van der Waals surface area contributed by atoms with E-state index in [-0.39, 0.29) is 18.3 Å². The summed E-state index contributed by atoms with van der Waals surface area (Å²) in [6.07, 6.45) is 1.89. The number of halogens is 1. The minimum absolute atomic E-state index is 0.0434. The Morgan fingerprint density at radius 1 is 1.22 bits per heavy atom. The van der Waals surface area contributed by atoms with Crippen molar-refractivity contribution in [2.75, 3.05) is 13.7 Å². The molecule has 0 spiro atoms. The van der Waals surface area contributed by atoms with E-state index < -0.39 is 17.9 Å². The maximum atomic E-state index is 12.6. The van der Waals surface area contributed by atoms with Gasteiger partial charge in [0, 0.05) is 0 Å². The minimum atomic E-state index is -0.755. The second-order valence-corrected chi connectivity index (χ2v) is 8.75. The number of methoxy groups -OCH3 is 1. The van der Waals surface area contributed by atoms with Crippen LogP contribution in [0.15, 0.2) is 41.5 Å². The standard InChI is InChI=1S/C23H28IN3O5/c1-14(2)9-18(26-21(28)13-32-19-8-6-5-7-15(19)3)23(30)27-25-12-16-10-17(24)22(29)20(11-16)31-4/h5-8,10-12,14,18,29H,9,13H2,1-4H3,(H,26,28)(H,27,30)/b25-12-/t18-/m1/s1. The average Bonchev–Trinajstić information content (AvgIpc) is 2.74. The van der Waals surface area contributed by atoms with Crippen LogP contribution in [0.5, 0.6) is 17.2 Å². The molecule has 32 heavy (non-hydrogen) atoms. The van der Waals surface area contributed by atoms with Crippen molar-refractivity contribution < 1.29 is 24.2 Å². The molecule has 0 aliphatic carbocycles. The van der Waals surface area contributed by atoms with Crippen LogP contribution in [0, 0.1) is 16.4 Å². The molecule has 0 unspecified atom stereocenters. The number of nitrogens with zero attached hydrogens (tertiary/aromatic N) is 1. The summed E-state index contributed by atoms with van der Waals surface area (Å²) >= 11 is 1.98. The fraction of sp³-hybridized carbons (Fsp3) is 0.348. The summed E-state index contributed by atoms with van der Waals surface area (Å²) < 4.78 is 11.3. The zero-order valence-corrected chi connectivity index (χ0v) is 20.7. The van der Waals surface area contributed by atoms with Crippen LogP contribution < -0.4 is 20.2 Å². The van der Waals surface area contributed by atoms with E-state index >= 15 is 0 Å². The number of hydrogen-bond acceptors (Lipinski definition) is 6. The molecule has 172 valence electrons. The summed E-state index contributed by atoms with van der Waals surface area (Å²) in [5.41, 5.74) is 4.03. The number of nitrogens with one attached hydrogen (secondary N) is 2. The fourth-order valence-corrected chi connectivity index (χ4v) is 3.50. The number of rotatable bonds is 10. The molecule has 2 aromatic carbocycles. The van der Waals surface area contributed by atoms with Crippen LogP contribution >= 0.6 is 22.6 Å². The number of benzene rings is 2. The number of hydrazone groups is 1. The van der Waals surface area contributed by atoms with Crippen molar-refractivity contribution in [3.8, 4) is 17.2 Å². The van der Waals surface area contributed by atoms with Crippen LogP contribution in [-0.2, 0) is 9.59 Å². The molecule has 3 N–H and O–H groups in total. The molecule has 0 saturated carbocycles. The van der Waals surface area contributed by atoms with Crippen molar-refractivity contribution in [3.05, 3.63) is 51.1 Å². The lowest BCUT2D eigenvalue weighted by atomic mass is 10.0. The molecule has 0 aliphatic rings. The number of hydrogen-bond donors (Lipinski definition) is 3. The fourth-order valence-electron chi connectivity index (χ4n) is 2.87. The molecule has 0 aromatic heterocycles. The summed E-state index contributed by atoms with van der Waals surface area (Å²) in [5, 5.41) is 16.6. The van der Waals surface area contributed by atoms with Gasteiger partial charge in [-0.05, 0) is 71.2 Å². The van der Waals surface area contributed by atoms with Gasteiger partial charge < -0.3 is 19.9 Å². The van der Waals surface area contributed by atoms with Crippen molar-refractivity contribution in [1.82, 2.24) is 10.7 Å². The summed E-state index contributed by atoms with van der Waals surface area (Å²) in [5.74, 6) is 0.326. The lowest BCUT2D eigenvalue weighted by Crippen LogP contribution is -2.47. The average molecular weight is 553 g/mol. The number of aromatic hydroxyl groups is 1. The van der Waals surface area contributed by atoms with E-state index in [1.165, 1.54) is 13.3 Å². The molecule has 0 bridgehead atoms.